The van der Waals surface area contributed by atoms with Crippen molar-refractivity contribution >= 4 is 0 Å². The fourth-order valence-electron chi connectivity index (χ4n) is 2.67. The summed E-state index contributed by atoms with van der Waals surface area (Å²) in [4.78, 5) is 0. The van der Waals surface area contributed by atoms with Gasteiger partial charge >= 0.3 is 0 Å². The highest BCUT2D eigenvalue weighted by atomic mass is 14.3. The predicted octanol–water partition coefficient (Wildman–Crippen LogP) is 4.29. The van der Waals surface area contributed by atoms with E-state index < -0.39 is 0 Å². The van der Waals surface area contributed by atoms with Gasteiger partial charge in [0.05, 0.1) is 0 Å². The summed E-state index contributed by atoms with van der Waals surface area (Å²) in [6.45, 7) is 4.54. The van der Waals surface area contributed by atoms with E-state index in [1.165, 1.54) is 28.2 Å². The average Bonchev–Trinajstić information content (AvgIpc) is 2.63. The molecule has 16 heavy (non-hydrogen) atoms. The molecule has 0 nitrogen and oxygen atoms in total. The zero-order valence-corrected chi connectivity index (χ0v) is 9.70. The first-order valence-electron chi connectivity index (χ1n) is 5.85. The summed E-state index contributed by atoms with van der Waals surface area (Å²) in [6.07, 6.45) is 0. The Morgan fingerprint density at radius 1 is 0.625 bits per heavy atom. The van der Waals surface area contributed by atoms with Crippen molar-refractivity contribution in [2.45, 2.75) is 13.8 Å². The molecule has 0 spiro atoms. The minimum Gasteiger partial charge on any atom is -0.0619 e. The summed E-state index contributed by atoms with van der Waals surface area (Å²) in [5.41, 5.74) is 5.61. The highest BCUT2D eigenvalue weighted by molar-refractivity contribution is 5.84. The van der Waals surface area contributed by atoms with Crippen LogP contribution in [0.5, 0.6) is 0 Å². The van der Waals surface area contributed by atoms with Gasteiger partial charge in [0, 0.05) is 5.92 Å². The van der Waals surface area contributed by atoms with Crippen LogP contribution in [0.4, 0.5) is 0 Å². The Balaban J connectivity index is 2.30. The van der Waals surface area contributed by atoms with Gasteiger partial charge in [0.2, 0.25) is 0 Å². The Bertz CT molecular complexity index is 478. The van der Waals surface area contributed by atoms with Gasteiger partial charge in [0.1, 0.15) is 0 Å². The molecule has 0 saturated heterocycles. The molecule has 1 aliphatic carbocycles. The van der Waals surface area contributed by atoms with Gasteiger partial charge in [0.15, 0.2) is 0 Å². The summed E-state index contributed by atoms with van der Waals surface area (Å²) in [6, 6.07) is 17.4. The van der Waals surface area contributed by atoms with Crippen molar-refractivity contribution in [3.8, 4) is 11.1 Å². The number of hydrogen-bond acceptors (Lipinski definition) is 0. The summed E-state index contributed by atoms with van der Waals surface area (Å²) < 4.78 is 0. The lowest BCUT2D eigenvalue weighted by Crippen LogP contribution is -2.05. The van der Waals surface area contributed by atoms with E-state index in [1.54, 1.807) is 0 Å². The lowest BCUT2D eigenvalue weighted by molar-refractivity contribution is 0.717. The van der Waals surface area contributed by atoms with Crippen LogP contribution in [-0.4, -0.2) is 0 Å². The van der Waals surface area contributed by atoms with Crippen LogP contribution in [0.1, 0.15) is 25.0 Å². The van der Waals surface area contributed by atoms with Crippen LogP contribution in [0, 0.1) is 11.8 Å². The molecular formula is C16H15. The number of benzene rings is 2. The molecule has 1 aliphatic rings. The van der Waals surface area contributed by atoms with Crippen molar-refractivity contribution < 1.29 is 0 Å². The van der Waals surface area contributed by atoms with Crippen molar-refractivity contribution in [2.24, 2.45) is 5.92 Å². The van der Waals surface area contributed by atoms with Gasteiger partial charge in [0.25, 0.3) is 0 Å². The Morgan fingerprint density at radius 3 is 1.38 bits per heavy atom. The average molecular weight is 207 g/mol. The minimum atomic E-state index is 0.574. The first-order valence-corrected chi connectivity index (χ1v) is 5.85. The molecule has 0 atom stereocenters. The van der Waals surface area contributed by atoms with Crippen molar-refractivity contribution in [3.63, 3.8) is 0 Å². The van der Waals surface area contributed by atoms with Gasteiger partial charge in [-0.15, -0.1) is 0 Å². The van der Waals surface area contributed by atoms with E-state index in [0.717, 1.165) is 0 Å². The van der Waals surface area contributed by atoms with Gasteiger partial charge in [-0.2, -0.15) is 0 Å². The summed E-state index contributed by atoms with van der Waals surface area (Å²) >= 11 is 0. The highest BCUT2D eigenvalue weighted by Gasteiger charge is 2.30. The molecule has 0 bridgehead atoms. The van der Waals surface area contributed by atoms with Crippen LogP contribution in [-0.2, 0) is 0 Å². The van der Waals surface area contributed by atoms with E-state index in [2.05, 4.69) is 62.4 Å². The molecule has 79 valence electrons. The Kier molecular flexibility index (Phi) is 2.10. The standard InChI is InChI=1S/C16H15/c1-11(2)16-14-9-5-3-7-12(14)13-8-4-6-10-15(13)16/h3-11H,1-2H3. The monoisotopic (exact) mass is 207 g/mol. The lowest BCUT2D eigenvalue weighted by atomic mass is 9.87. The van der Waals surface area contributed by atoms with Crippen molar-refractivity contribution in [1.82, 2.24) is 0 Å². The Morgan fingerprint density at radius 2 is 1.00 bits per heavy atom. The molecule has 0 saturated carbocycles. The van der Waals surface area contributed by atoms with E-state index in [4.69, 9.17) is 0 Å². The van der Waals surface area contributed by atoms with Crippen LogP contribution >= 0.6 is 0 Å². The maximum absolute atomic E-state index is 2.27. The van der Waals surface area contributed by atoms with Gasteiger partial charge < -0.3 is 0 Å². The van der Waals surface area contributed by atoms with E-state index >= 15 is 0 Å². The summed E-state index contributed by atoms with van der Waals surface area (Å²) in [7, 11) is 0. The first kappa shape index (κ1) is 9.65. The molecule has 0 fully saturated rings. The molecule has 0 amide bonds. The van der Waals surface area contributed by atoms with Crippen molar-refractivity contribution in [1.29, 1.82) is 0 Å². The summed E-state index contributed by atoms with van der Waals surface area (Å²) in [5, 5.41) is 0. The van der Waals surface area contributed by atoms with Gasteiger partial charge in [-0.3, -0.25) is 0 Å². The van der Waals surface area contributed by atoms with Crippen molar-refractivity contribution in [3.05, 3.63) is 65.6 Å². The normalized spacial score (nSPS) is 13.9. The van der Waals surface area contributed by atoms with Crippen LogP contribution in [0.2, 0.25) is 0 Å². The lowest BCUT2D eigenvalue weighted by Gasteiger charge is -2.16. The van der Waals surface area contributed by atoms with Crippen LogP contribution in [0.3, 0.4) is 0 Å². The molecule has 0 aliphatic heterocycles. The molecule has 0 aromatic heterocycles. The van der Waals surface area contributed by atoms with Crippen LogP contribution in [0.25, 0.3) is 11.1 Å². The number of fused-ring (bicyclic) bond motifs is 3. The van der Waals surface area contributed by atoms with E-state index in [1.807, 2.05) is 0 Å². The predicted molar refractivity (Wildman–Crippen MR) is 68.2 cm³/mol. The zero-order valence-electron chi connectivity index (χ0n) is 9.70. The SMILES string of the molecule is CC(C)[C]1c2ccccc2-c2ccccc21. The third kappa shape index (κ3) is 1.23. The van der Waals surface area contributed by atoms with E-state index in [0.29, 0.717) is 5.92 Å². The largest absolute Gasteiger partial charge is 0.0619 e. The molecule has 2 aromatic carbocycles. The molecule has 0 heteroatoms. The third-order valence-electron chi connectivity index (χ3n) is 3.30. The molecule has 0 heterocycles. The topological polar surface area (TPSA) is 0 Å². The molecule has 2 aromatic rings. The number of hydrogen-bond donors (Lipinski definition) is 0. The number of rotatable bonds is 1. The molecule has 0 unspecified atom stereocenters. The fraction of sp³-hybridized carbons (Fsp3) is 0.188. The molecule has 3 rings (SSSR count). The molecule has 0 N–H and O–H groups in total. The second-order valence-corrected chi connectivity index (χ2v) is 4.66. The maximum Gasteiger partial charge on any atom is 0.0378 e. The van der Waals surface area contributed by atoms with Gasteiger partial charge in [-0.25, -0.2) is 0 Å². The molecule has 1 radical (unpaired) electrons. The quantitative estimate of drug-likeness (QED) is 0.654. The van der Waals surface area contributed by atoms with Gasteiger partial charge in [-0.1, -0.05) is 62.4 Å². The van der Waals surface area contributed by atoms with Crippen molar-refractivity contribution in [2.75, 3.05) is 0 Å². The Hall–Kier alpha value is -1.56. The third-order valence-corrected chi connectivity index (χ3v) is 3.30. The second-order valence-electron chi connectivity index (χ2n) is 4.66. The Labute approximate surface area is 96.9 Å². The smallest absolute Gasteiger partial charge is 0.0378 e. The molecular weight excluding hydrogens is 192 g/mol. The van der Waals surface area contributed by atoms with Gasteiger partial charge in [-0.05, 0) is 28.2 Å². The van der Waals surface area contributed by atoms with E-state index in [9.17, 15) is 0 Å². The summed E-state index contributed by atoms with van der Waals surface area (Å²) in [5.74, 6) is 2.07. The zero-order chi connectivity index (χ0) is 11.1. The van der Waals surface area contributed by atoms with E-state index in [-0.39, 0.29) is 0 Å². The first-order chi connectivity index (χ1) is 7.79. The maximum atomic E-state index is 2.27. The van der Waals surface area contributed by atoms with Crippen LogP contribution in [0.15, 0.2) is 48.5 Å². The highest BCUT2D eigenvalue weighted by Crippen LogP contribution is 2.46. The van der Waals surface area contributed by atoms with Crippen LogP contribution < -0.4 is 0 Å². The fourth-order valence-corrected chi connectivity index (χ4v) is 2.67. The minimum absolute atomic E-state index is 0.574. The second kappa shape index (κ2) is 3.48.